The number of halogens is 3. The largest absolute Gasteiger partial charge is 0.312 e. The second kappa shape index (κ2) is 6.03. The zero-order valence-corrected chi connectivity index (χ0v) is 11.1. The van der Waals surface area contributed by atoms with E-state index in [0.717, 1.165) is 18.5 Å². The highest BCUT2D eigenvalue weighted by molar-refractivity contribution is 6.31. The van der Waals surface area contributed by atoms with E-state index < -0.39 is 0 Å². The Balaban J connectivity index is 1.84. The highest BCUT2D eigenvalue weighted by Crippen LogP contribution is 2.29. The molecule has 0 radical (unpaired) electrons. The molecule has 17 heavy (non-hydrogen) atoms. The van der Waals surface area contributed by atoms with Crippen molar-refractivity contribution in [2.45, 2.75) is 31.2 Å². The molecule has 1 N–H and O–H groups in total. The molecule has 1 aliphatic rings. The first-order valence-electron chi connectivity index (χ1n) is 5.96. The predicted octanol–water partition coefficient (Wildman–Crippen LogP) is 3.98. The molecular formula is C13H16Cl2FN. The fourth-order valence-corrected chi connectivity index (χ4v) is 2.86. The lowest BCUT2D eigenvalue weighted by Gasteiger charge is -2.14. The molecule has 2 unspecified atom stereocenters. The van der Waals surface area contributed by atoms with E-state index in [-0.39, 0.29) is 16.2 Å². The van der Waals surface area contributed by atoms with Crippen LogP contribution in [-0.2, 0) is 6.54 Å². The Morgan fingerprint density at radius 1 is 1.35 bits per heavy atom. The minimum atomic E-state index is -0.359. The zero-order chi connectivity index (χ0) is 12.3. The topological polar surface area (TPSA) is 12.0 Å². The van der Waals surface area contributed by atoms with Crippen molar-refractivity contribution in [3.05, 3.63) is 34.6 Å². The van der Waals surface area contributed by atoms with Gasteiger partial charge in [0.25, 0.3) is 0 Å². The molecule has 0 saturated heterocycles. The zero-order valence-electron chi connectivity index (χ0n) is 9.56. The number of hydrogen-bond donors (Lipinski definition) is 1. The van der Waals surface area contributed by atoms with Gasteiger partial charge in [-0.05, 0) is 36.9 Å². The molecule has 0 amide bonds. The molecule has 1 aromatic rings. The molecule has 1 aromatic carbocycles. The van der Waals surface area contributed by atoms with E-state index in [2.05, 4.69) is 5.32 Å². The van der Waals surface area contributed by atoms with Crippen LogP contribution in [0.5, 0.6) is 0 Å². The van der Waals surface area contributed by atoms with Crippen molar-refractivity contribution in [1.29, 1.82) is 0 Å². The summed E-state index contributed by atoms with van der Waals surface area (Å²) in [5, 5.41) is 3.81. The van der Waals surface area contributed by atoms with Crippen molar-refractivity contribution < 1.29 is 4.39 Å². The molecule has 94 valence electrons. The highest BCUT2D eigenvalue weighted by atomic mass is 35.5. The van der Waals surface area contributed by atoms with Crippen LogP contribution in [0.25, 0.3) is 0 Å². The van der Waals surface area contributed by atoms with E-state index in [9.17, 15) is 4.39 Å². The first-order valence-corrected chi connectivity index (χ1v) is 6.77. The van der Waals surface area contributed by atoms with Gasteiger partial charge in [0.05, 0.1) is 5.02 Å². The van der Waals surface area contributed by atoms with Crippen molar-refractivity contribution in [3.63, 3.8) is 0 Å². The molecule has 0 aromatic heterocycles. The van der Waals surface area contributed by atoms with Gasteiger partial charge >= 0.3 is 0 Å². The number of nitrogens with one attached hydrogen (secondary N) is 1. The summed E-state index contributed by atoms with van der Waals surface area (Å²) < 4.78 is 13.2. The maximum atomic E-state index is 13.2. The van der Waals surface area contributed by atoms with Gasteiger partial charge in [0.2, 0.25) is 0 Å². The van der Waals surface area contributed by atoms with Crippen molar-refractivity contribution in [1.82, 2.24) is 5.32 Å². The van der Waals surface area contributed by atoms with Gasteiger partial charge in [-0.1, -0.05) is 30.2 Å². The Morgan fingerprint density at radius 3 is 2.88 bits per heavy atom. The molecule has 0 spiro atoms. The standard InChI is InChI=1S/C13H16Cl2FN/c14-11-5-1-3-9(11)7-17-8-10-4-2-6-12(16)13(10)15/h2,4,6,9,11,17H,1,3,5,7-8H2. The fourth-order valence-electron chi connectivity index (χ4n) is 2.30. The van der Waals surface area contributed by atoms with Crippen molar-refractivity contribution in [2.75, 3.05) is 6.54 Å². The van der Waals surface area contributed by atoms with Crippen LogP contribution in [0.15, 0.2) is 18.2 Å². The van der Waals surface area contributed by atoms with Crippen molar-refractivity contribution >= 4 is 23.2 Å². The van der Waals surface area contributed by atoms with Crippen LogP contribution in [0, 0.1) is 11.7 Å². The second-order valence-electron chi connectivity index (χ2n) is 4.55. The molecule has 2 rings (SSSR count). The fraction of sp³-hybridized carbons (Fsp3) is 0.538. The van der Waals surface area contributed by atoms with E-state index in [0.29, 0.717) is 12.5 Å². The Kier molecular flexibility index (Phi) is 4.66. The summed E-state index contributed by atoms with van der Waals surface area (Å²) in [6, 6.07) is 4.89. The van der Waals surface area contributed by atoms with Gasteiger partial charge in [0.15, 0.2) is 0 Å². The third-order valence-electron chi connectivity index (χ3n) is 3.32. The lowest BCUT2D eigenvalue weighted by atomic mass is 10.1. The van der Waals surface area contributed by atoms with Gasteiger partial charge in [-0.15, -0.1) is 11.6 Å². The average Bonchev–Trinajstić information content (AvgIpc) is 2.71. The first-order chi connectivity index (χ1) is 8.18. The molecule has 4 heteroatoms. The van der Waals surface area contributed by atoms with E-state index in [1.807, 2.05) is 6.07 Å². The van der Waals surface area contributed by atoms with E-state index in [1.165, 1.54) is 18.9 Å². The Morgan fingerprint density at radius 2 is 2.18 bits per heavy atom. The summed E-state index contributed by atoms with van der Waals surface area (Å²) in [5.41, 5.74) is 0.802. The molecule has 0 aliphatic heterocycles. The van der Waals surface area contributed by atoms with E-state index >= 15 is 0 Å². The normalized spacial score (nSPS) is 24.2. The lowest BCUT2D eigenvalue weighted by molar-refractivity contribution is 0.493. The third-order valence-corrected chi connectivity index (χ3v) is 4.32. The third kappa shape index (κ3) is 3.34. The van der Waals surface area contributed by atoms with Gasteiger partial charge < -0.3 is 5.32 Å². The maximum absolute atomic E-state index is 13.2. The Hall–Kier alpha value is -0.310. The molecule has 2 atom stereocenters. The Bertz CT molecular complexity index is 384. The van der Waals surface area contributed by atoms with Gasteiger partial charge in [-0.25, -0.2) is 4.39 Å². The molecule has 1 saturated carbocycles. The molecular weight excluding hydrogens is 260 g/mol. The SMILES string of the molecule is Fc1cccc(CNCC2CCCC2Cl)c1Cl. The van der Waals surface area contributed by atoms with Crippen LogP contribution in [0.3, 0.4) is 0 Å². The average molecular weight is 276 g/mol. The molecule has 1 nitrogen and oxygen atoms in total. The molecule has 1 fully saturated rings. The molecule has 1 aliphatic carbocycles. The second-order valence-corrected chi connectivity index (χ2v) is 5.49. The van der Waals surface area contributed by atoms with Crippen LogP contribution in [-0.4, -0.2) is 11.9 Å². The monoisotopic (exact) mass is 275 g/mol. The maximum Gasteiger partial charge on any atom is 0.142 e. The van der Waals surface area contributed by atoms with Crippen molar-refractivity contribution in [3.8, 4) is 0 Å². The van der Waals surface area contributed by atoms with Crippen LogP contribution >= 0.6 is 23.2 Å². The molecule has 0 heterocycles. The highest BCUT2D eigenvalue weighted by Gasteiger charge is 2.24. The summed E-state index contributed by atoms with van der Waals surface area (Å²) in [6.07, 6.45) is 3.49. The quantitative estimate of drug-likeness (QED) is 0.820. The van der Waals surface area contributed by atoms with Gasteiger partial charge in [-0.2, -0.15) is 0 Å². The van der Waals surface area contributed by atoms with Gasteiger partial charge in [0.1, 0.15) is 5.82 Å². The smallest absolute Gasteiger partial charge is 0.142 e. The Labute approximate surface area is 111 Å². The lowest BCUT2D eigenvalue weighted by Crippen LogP contribution is -2.25. The van der Waals surface area contributed by atoms with Gasteiger partial charge in [-0.3, -0.25) is 0 Å². The van der Waals surface area contributed by atoms with Crippen LogP contribution < -0.4 is 5.32 Å². The number of alkyl halides is 1. The predicted molar refractivity (Wildman–Crippen MR) is 70.1 cm³/mol. The summed E-state index contributed by atoms with van der Waals surface area (Å²) in [6.45, 7) is 1.47. The van der Waals surface area contributed by atoms with Gasteiger partial charge in [0, 0.05) is 11.9 Å². The van der Waals surface area contributed by atoms with Crippen LogP contribution in [0.2, 0.25) is 5.02 Å². The van der Waals surface area contributed by atoms with Crippen molar-refractivity contribution in [2.24, 2.45) is 5.92 Å². The van der Waals surface area contributed by atoms with E-state index in [4.69, 9.17) is 23.2 Å². The number of hydrogen-bond acceptors (Lipinski definition) is 1. The van der Waals surface area contributed by atoms with Crippen LogP contribution in [0.4, 0.5) is 4.39 Å². The van der Waals surface area contributed by atoms with Crippen LogP contribution in [0.1, 0.15) is 24.8 Å². The number of rotatable bonds is 4. The minimum absolute atomic E-state index is 0.217. The number of benzene rings is 1. The summed E-state index contributed by atoms with van der Waals surface area (Å²) in [5.74, 6) is 0.172. The summed E-state index contributed by atoms with van der Waals surface area (Å²) in [7, 11) is 0. The first kappa shape index (κ1) is 13.1. The van der Waals surface area contributed by atoms with E-state index in [1.54, 1.807) is 6.07 Å². The summed E-state index contributed by atoms with van der Waals surface area (Å²) in [4.78, 5) is 0. The summed E-state index contributed by atoms with van der Waals surface area (Å²) >= 11 is 12.1. The minimum Gasteiger partial charge on any atom is -0.312 e. The molecule has 0 bridgehead atoms.